The number of ether oxygens (including phenoxy) is 5. The maximum absolute atomic E-state index is 14.1. The van der Waals surface area contributed by atoms with E-state index in [2.05, 4.69) is 39.8 Å². The fraction of sp³-hybridized carbons (Fsp3) is 0.706. The monoisotopic (exact) mass is 600 g/mol. The van der Waals surface area contributed by atoms with Gasteiger partial charge in [-0.1, -0.05) is 56.7 Å². The van der Waals surface area contributed by atoms with E-state index in [-0.39, 0.29) is 31.3 Å². The van der Waals surface area contributed by atoms with Crippen LogP contribution in [0.4, 0.5) is 0 Å². The Labute approximate surface area is 254 Å². The van der Waals surface area contributed by atoms with Crippen LogP contribution in [0, 0.1) is 17.8 Å². The molecule has 0 amide bonds. The Bertz CT molecular complexity index is 1190. The van der Waals surface area contributed by atoms with Crippen molar-refractivity contribution in [3.63, 3.8) is 0 Å². The Morgan fingerprint density at radius 3 is 2.74 bits per heavy atom. The van der Waals surface area contributed by atoms with E-state index in [4.69, 9.17) is 23.7 Å². The summed E-state index contributed by atoms with van der Waals surface area (Å²) in [5.41, 5.74) is 0.204. The summed E-state index contributed by atoms with van der Waals surface area (Å²) in [7, 11) is 0. The average Bonchev–Trinajstić information content (AvgIpc) is 3.29. The number of rotatable bonds is 3. The predicted molar refractivity (Wildman–Crippen MR) is 159 cm³/mol. The molecule has 3 saturated heterocycles. The van der Waals surface area contributed by atoms with Crippen LogP contribution in [-0.4, -0.2) is 77.3 Å². The largest absolute Gasteiger partial charge is 0.462 e. The fourth-order valence-electron chi connectivity index (χ4n) is 7.45. The highest BCUT2D eigenvalue weighted by Gasteiger charge is 2.60. The first-order chi connectivity index (χ1) is 20.4. The van der Waals surface area contributed by atoms with Crippen molar-refractivity contribution in [2.24, 2.45) is 17.8 Å². The maximum atomic E-state index is 14.1. The fourth-order valence-corrected chi connectivity index (χ4v) is 7.45. The number of aliphatic hydroxyl groups is 2. The molecule has 1 aliphatic carbocycles. The predicted octanol–water partition coefficient (Wildman–Crippen LogP) is 4.47. The van der Waals surface area contributed by atoms with Crippen LogP contribution in [0.15, 0.2) is 47.1 Å². The van der Waals surface area contributed by atoms with Crippen molar-refractivity contribution in [3.05, 3.63) is 47.1 Å². The Morgan fingerprint density at radius 1 is 1.21 bits per heavy atom. The summed E-state index contributed by atoms with van der Waals surface area (Å²) in [6.07, 6.45) is 11.4. The molecule has 0 unspecified atom stereocenters. The number of carbonyl (C=O) groups is 2. The van der Waals surface area contributed by atoms with Gasteiger partial charge in [-0.15, -0.1) is 0 Å². The topological polar surface area (TPSA) is 121 Å². The van der Waals surface area contributed by atoms with Gasteiger partial charge in [0, 0.05) is 26.2 Å². The SMILES string of the molecule is CC[C@H]1O[C@]2(CC[C@@H]1C)C[C@@H]1C[C@@H](C/C=C(\C)C[C@@H](C)/C=C/C=C3\CO[C@@H]4[C@H](O)C(COC(C)=O)=C[C@@H](C(=O)O1)[C@]34O)O2. The molecular formula is C34H48O9. The number of hydrogen-bond acceptors (Lipinski definition) is 9. The van der Waals surface area contributed by atoms with E-state index in [0.717, 1.165) is 19.3 Å². The molecule has 4 aliphatic heterocycles. The minimum atomic E-state index is -1.83. The molecule has 4 heterocycles. The van der Waals surface area contributed by atoms with Gasteiger partial charge in [0.05, 0.1) is 18.8 Å². The molecule has 9 heteroatoms. The van der Waals surface area contributed by atoms with Gasteiger partial charge in [0.15, 0.2) is 5.79 Å². The molecule has 5 aliphatic rings. The molecule has 43 heavy (non-hydrogen) atoms. The van der Waals surface area contributed by atoms with Crippen LogP contribution in [0.1, 0.15) is 79.6 Å². The summed E-state index contributed by atoms with van der Waals surface area (Å²) in [6.45, 7) is 9.68. The van der Waals surface area contributed by atoms with Crippen molar-refractivity contribution in [3.8, 4) is 0 Å². The summed E-state index contributed by atoms with van der Waals surface area (Å²) in [5.74, 6) is -2.50. The number of carbonyl (C=O) groups excluding carboxylic acids is 2. The lowest BCUT2D eigenvalue weighted by molar-refractivity contribution is -0.335. The first-order valence-electron chi connectivity index (χ1n) is 15.9. The van der Waals surface area contributed by atoms with E-state index in [1.54, 1.807) is 6.08 Å². The van der Waals surface area contributed by atoms with Crippen molar-refractivity contribution in [2.75, 3.05) is 13.2 Å². The number of aliphatic hydroxyl groups excluding tert-OH is 1. The van der Waals surface area contributed by atoms with Crippen molar-refractivity contribution >= 4 is 11.9 Å². The minimum Gasteiger partial charge on any atom is -0.462 e. The Kier molecular flexibility index (Phi) is 9.69. The lowest BCUT2D eigenvalue weighted by Gasteiger charge is -2.50. The molecule has 9 nitrogen and oxygen atoms in total. The molecule has 10 atom stereocenters. The van der Waals surface area contributed by atoms with Crippen LogP contribution in [-0.2, 0) is 33.3 Å². The van der Waals surface area contributed by atoms with E-state index < -0.39 is 47.6 Å². The zero-order valence-corrected chi connectivity index (χ0v) is 26.1. The summed E-state index contributed by atoms with van der Waals surface area (Å²) >= 11 is 0. The van der Waals surface area contributed by atoms with Gasteiger partial charge in [-0.3, -0.25) is 9.59 Å². The smallest absolute Gasteiger partial charge is 0.316 e. The van der Waals surface area contributed by atoms with Crippen LogP contribution in [0.5, 0.6) is 0 Å². The summed E-state index contributed by atoms with van der Waals surface area (Å²) < 4.78 is 30.7. The number of hydrogen-bond donors (Lipinski definition) is 2. The molecule has 0 saturated carbocycles. The van der Waals surface area contributed by atoms with Crippen molar-refractivity contribution in [1.82, 2.24) is 0 Å². The third kappa shape index (κ3) is 6.71. The van der Waals surface area contributed by atoms with Crippen LogP contribution in [0.3, 0.4) is 0 Å². The lowest BCUT2D eigenvalue weighted by Crippen LogP contribution is -2.58. The van der Waals surface area contributed by atoms with Gasteiger partial charge in [0.1, 0.15) is 36.4 Å². The van der Waals surface area contributed by atoms with Gasteiger partial charge in [0.2, 0.25) is 0 Å². The van der Waals surface area contributed by atoms with Gasteiger partial charge in [-0.2, -0.15) is 0 Å². The zero-order chi connectivity index (χ0) is 30.9. The van der Waals surface area contributed by atoms with Crippen molar-refractivity contribution < 1.29 is 43.5 Å². The van der Waals surface area contributed by atoms with Gasteiger partial charge >= 0.3 is 11.9 Å². The molecule has 2 N–H and O–H groups in total. The highest BCUT2D eigenvalue weighted by atomic mass is 16.7. The highest BCUT2D eigenvalue weighted by Crippen LogP contribution is 2.47. The van der Waals surface area contributed by atoms with Crippen LogP contribution in [0.2, 0.25) is 0 Å². The third-order valence-corrected chi connectivity index (χ3v) is 9.81. The zero-order valence-electron chi connectivity index (χ0n) is 26.1. The summed E-state index contributed by atoms with van der Waals surface area (Å²) in [5, 5.41) is 23.4. The van der Waals surface area contributed by atoms with Crippen molar-refractivity contribution in [1.29, 1.82) is 0 Å². The second-order valence-corrected chi connectivity index (χ2v) is 13.3. The van der Waals surface area contributed by atoms with Crippen molar-refractivity contribution in [2.45, 2.75) is 121 Å². The van der Waals surface area contributed by atoms with Crippen LogP contribution in [0.25, 0.3) is 0 Å². The second-order valence-electron chi connectivity index (χ2n) is 13.3. The van der Waals surface area contributed by atoms with Gasteiger partial charge in [-0.25, -0.2) is 0 Å². The van der Waals surface area contributed by atoms with Gasteiger partial charge < -0.3 is 33.9 Å². The van der Waals surface area contributed by atoms with Crippen LogP contribution >= 0.6 is 0 Å². The van der Waals surface area contributed by atoms with E-state index in [9.17, 15) is 19.8 Å². The molecule has 0 aromatic carbocycles. The Balaban J connectivity index is 1.53. The molecule has 0 aromatic rings. The Hall–Kier alpha value is -2.30. The number of esters is 2. The first-order valence-corrected chi connectivity index (χ1v) is 15.9. The summed E-state index contributed by atoms with van der Waals surface area (Å²) in [6, 6.07) is 0. The molecule has 2 bridgehead atoms. The van der Waals surface area contributed by atoms with Crippen LogP contribution < -0.4 is 0 Å². The van der Waals surface area contributed by atoms with Gasteiger partial charge in [-0.05, 0) is 55.6 Å². The Morgan fingerprint density at radius 2 is 2.00 bits per heavy atom. The molecule has 0 aromatic heterocycles. The standard InChI is InChI=1S/C34H48O9/c1-6-29-22(4)12-13-33(43-29)17-27-16-26(42-33)11-10-21(3)14-20(2)8-7-9-25-19-40-31-30(36)24(18-39-23(5)35)15-28(32(37)41-27)34(25,31)38/h7-10,15,20,22,26-31,36,38H,6,11-14,16-19H2,1-5H3/b8-7+,21-10+,25-9+/t20-,22-,26+,27-,28-,29+,30+,31+,33+,34+/m0/s1. The van der Waals surface area contributed by atoms with E-state index in [1.165, 1.54) is 18.6 Å². The van der Waals surface area contributed by atoms with Gasteiger partial charge in [0.25, 0.3) is 0 Å². The van der Waals surface area contributed by atoms with E-state index in [1.807, 2.05) is 6.08 Å². The van der Waals surface area contributed by atoms with E-state index in [0.29, 0.717) is 42.7 Å². The first kappa shape index (κ1) is 32.1. The highest BCUT2D eigenvalue weighted by molar-refractivity contribution is 5.79. The number of allylic oxidation sites excluding steroid dienone is 4. The molecule has 5 rings (SSSR count). The normalized spacial score (nSPS) is 45.1. The van der Waals surface area contributed by atoms with E-state index >= 15 is 0 Å². The average molecular weight is 601 g/mol. The third-order valence-electron chi connectivity index (χ3n) is 9.81. The molecular weight excluding hydrogens is 552 g/mol. The molecule has 238 valence electrons. The molecule has 1 spiro atoms. The molecule has 3 fully saturated rings. The maximum Gasteiger partial charge on any atom is 0.316 e. The second kappa shape index (κ2) is 13.0. The quantitative estimate of drug-likeness (QED) is 0.357. The minimum absolute atomic E-state index is 0.0429. The lowest BCUT2D eigenvalue weighted by atomic mass is 9.70. The summed E-state index contributed by atoms with van der Waals surface area (Å²) in [4.78, 5) is 25.7. The number of fused-ring (bicyclic) bond motifs is 2. The molecule has 0 radical (unpaired) electrons.